The van der Waals surface area contributed by atoms with E-state index in [1.54, 1.807) is 11.9 Å². The standard InChI is InChI=1S/C25H26FN5O2S/c1-29-21-13-18(30-11-5-6-12-30)9-10-22(21)34-16-20(25(29)33)27-24(32)23-19(26)15-31(28-23)14-17-7-3-2-4-8-17/h2-4,7-10,13,15,20H,5-6,11-12,14,16H2,1H3,(H,27,32)/t20-/m0/s1. The van der Waals surface area contributed by atoms with Crippen LogP contribution in [0, 0.1) is 5.82 Å². The van der Waals surface area contributed by atoms with E-state index in [-0.39, 0.29) is 11.6 Å². The molecule has 5 rings (SSSR count). The number of benzene rings is 2. The van der Waals surface area contributed by atoms with Crippen molar-refractivity contribution in [2.45, 2.75) is 30.3 Å². The Morgan fingerprint density at radius 2 is 1.94 bits per heavy atom. The van der Waals surface area contributed by atoms with E-state index in [0.717, 1.165) is 34.9 Å². The summed E-state index contributed by atoms with van der Waals surface area (Å²) in [4.78, 5) is 30.9. The summed E-state index contributed by atoms with van der Waals surface area (Å²) in [5.74, 6) is -1.28. The molecule has 1 fully saturated rings. The molecular formula is C25H26FN5O2S. The van der Waals surface area contributed by atoms with Gasteiger partial charge in [0.15, 0.2) is 11.5 Å². The van der Waals surface area contributed by atoms with E-state index in [4.69, 9.17) is 0 Å². The summed E-state index contributed by atoms with van der Waals surface area (Å²) in [6, 6.07) is 14.9. The SMILES string of the molecule is CN1C(=O)[C@@H](NC(=O)c2nn(Cc3ccccc3)cc2F)CSc2ccc(N3CCCC3)cc21. The van der Waals surface area contributed by atoms with Gasteiger partial charge in [-0.25, -0.2) is 4.39 Å². The average Bonchev–Trinajstić information content (AvgIpc) is 3.49. The Morgan fingerprint density at radius 1 is 1.18 bits per heavy atom. The number of likely N-dealkylation sites (N-methyl/N-ethyl adjacent to an activating group) is 1. The van der Waals surface area contributed by atoms with Gasteiger partial charge in [0, 0.05) is 36.5 Å². The smallest absolute Gasteiger partial charge is 0.275 e. The van der Waals surface area contributed by atoms with Crippen molar-refractivity contribution in [3.63, 3.8) is 0 Å². The van der Waals surface area contributed by atoms with Gasteiger partial charge in [0.05, 0.1) is 18.4 Å². The highest BCUT2D eigenvalue weighted by Crippen LogP contribution is 2.37. The van der Waals surface area contributed by atoms with Gasteiger partial charge >= 0.3 is 0 Å². The molecule has 2 aliphatic rings. The zero-order valence-corrected chi connectivity index (χ0v) is 19.7. The van der Waals surface area contributed by atoms with Gasteiger partial charge in [0.1, 0.15) is 6.04 Å². The highest BCUT2D eigenvalue weighted by atomic mass is 32.2. The molecule has 176 valence electrons. The maximum atomic E-state index is 14.5. The summed E-state index contributed by atoms with van der Waals surface area (Å²) in [7, 11) is 1.72. The molecule has 1 N–H and O–H groups in total. The van der Waals surface area contributed by atoms with Crippen LogP contribution < -0.4 is 15.1 Å². The van der Waals surface area contributed by atoms with Gasteiger partial charge < -0.3 is 15.1 Å². The Morgan fingerprint density at radius 3 is 2.71 bits per heavy atom. The number of nitrogens with zero attached hydrogens (tertiary/aromatic N) is 4. The van der Waals surface area contributed by atoms with Crippen LogP contribution in [-0.2, 0) is 11.3 Å². The first-order valence-electron chi connectivity index (χ1n) is 11.4. The maximum Gasteiger partial charge on any atom is 0.275 e. The molecule has 2 aromatic carbocycles. The number of hydrogen-bond acceptors (Lipinski definition) is 5. The summed E-state index contributed by atoms with van der Waals surface area (Å²) in [5.41, 5.74) is 2.56. The third-order valence-corrected chi connectivity index (χ3v) is 7.39. The van der Waals surface area contributed by atoms with Crippen LogP contribution in [0.4, 0.5) is 15.8 Å². The van der Waals surface area contributed by atoms with E-state index in [9.17, 15) is 14.0 Å². The van der Waals surface area contributed by atoms with Gasteiger partial charge in [-0.05, 0) is 36.6 Å². The number of halogens is 1. The minimum absolute atomic E-state index is 0.234. The molecule has 1 saturated heterocycles. The fourth-order valence-corrected chi connectivity index (χ4v) is 5.47. The number of thioether (sulfide) groups is 1. The quantitative estimate of drug-likeness (QED) is 0.606. The van der Waals surface area contributed by atoms with Crippen LogP contribution in [0.2, 0.25) is 0 Å². The van der Waals surface area contributed by atoms with Crippen LogP contribution in [0.15, 0.2) is 59.6 Å². The van der Waals surface area contributed by atoms with Crippen LogP contribution in [0.1, 0.15) is 28.9 Å². The number of carbonyl (C=O) groups excluding carboxylic acids is 2. The van der Waals surface area contributed by atoms with Crippen molar-refractivity contribution in [2.24, 2.45) is 0 Å². The van der Waals surface area contributed by atoms with Gasteiger partial charge in [-0.2, -0.15) is 5.10 Å². The lowest BCUT2D eigenvalue weighted by Crippen LogP contribution is -2.48. The molecule has 2 amide bonds. The van der Waals surface area contributed by atoms with E-state index in [2.05, 4.69) is 21.4 Å². The number of fused-ring (bicyclic) bond motifs is 1. The molecule has 3 heterocycles. The number of amides is 2. The number of nitrogens with one attached hydrogen (secondary N) is 1. The zero-order valence-electron chi connectivity index (χ0n) is 18.9. The van der Waals surface area contributed by atoms with Crippen molar-refractivity contribution < 1.29 is 14.0 Å². The molecule has 34 heavy (non-hydrogen) atoms. The van der Waals surface area contributed by atoms with Gasteiger partial charge in [0.2, 0.25) is 5.91 Å². The molecule has 0 saturated carbocycles. The third-order valence-electron chi connectivity index (χ3n) is 6.23. The Bertz CT molecular complexity index is 1210. The molecular weight excluding hydrogens is 453 g/mol. The molecule has 7 nitrogen and oxygen atoms in total. The van der Waals surface area contributed by atoms with E-state index >= 15 is 0 Å². The number of aromatic nitrogens is 2. The van der Waals surface area contributed by atoms with Crippen molar-refractivity contribution >= 4 is 35.0 Å². The topological polar surface area (TPSA) is 70.5 Å². The van der Waals surface area contributed by atoms with Gasteiger partial charge in [-0.1, -0.05) is 30.3 Å². The average molecular weight is 480 g/mol. The van der Waals surface area contributed by atoms with Crippen molar-refractivity contribution in [1.82, 2.24) is 15.1 Å². The monoisotopic (exact) mass is 479 g/mol. The fraction of sp³-hybridized carbons (Fsp3) is 0.320. The summed E-state index contributed by atoms with van der Waals surface area (Å²) in [5, 5.41) is 6.83. The Kier molecular flexibility index (Phi) is 6.28. The van der Waals surface area contributed by atoms with Gasteiger partial charge in [-0.15, -0.1) is 11.8 Å². The number of hydrogen-bond donors (Lipinski definition) is 1. The second kappa shape index (κ2) is 9.50. The molecule has 2 aliphatic heterocycles. The second-order valence-electron chi connectivity index (χ2n) is 8.59. The number of carbonyl (C=O) groups is 2. The summed E-state index contributed by atoms with van der Waals surface area (Å²) in [6.07, 6.45) is 3.55. The van der Waals surface area contributed by atoms with Gasteiger partial charge in [-0.3, -0.25) is 14.3 Å². The lowest BCUT2D eigenvalue weighted by atomic mass is 10.2. The third kappa shape index (κ3) is 4.52. The van der Waals surface area contributed by atoms with Crippen LogP contribution in [0.5, 0.6) is 0 Å². The molecule has 0 aliphatic carbocycles. The van der Waals surface area contributed by atoms with E-state index in [0.29, 0.717) is 12.3 Å². The molecule has 1 aromatic heterocycles. The van der Waals surface area contributed by atoms with Crippen molar-refractivity contribution in [3.8, 4) is 0 Å². The van der Waals surface area contributed by atoms with E-state index in [1.165, 1.54) is 35.5 Å². The fourth-order valence-electron chi connectivity index (χ4n) is 4.39. The molecule has 9 heteroatoms. The predicted molar refractivity (Wildman–Crippen MR) is 131 cm³/mol. The predicted octanol–water partition coefficient (Wildman–Crippen LogP) is 3.54. The Labute approximate surface area is 201 Å². The second-order valence-corrected chi connectivity index (χ2v) is 9.65. The number of anilines is 2. The first-order valence-corrected chi connectivity index (χ1v) is 12.4. The largest absolute Gasteiger partial charge is 0.371 e. The molecule has 1 atom stereocenters. The summed E-state index contributed by atoms with van der Waals surface area (Å²) >= 11 is 1.51. The number of rotatable bonds is 5. The van der Waals surface area contributed by atoms with E-state index < -0.39 is 17.8 Å². The summed E-state index contributed by atoms with van der Waals surface area (Å²) < 4.78 is 15.9. The highest BCUT2D eigenvalue weighted by Gasteiger charge is 2.32. The Balaban J connectivity index is 1.30. The maximum absolute atomic E-state index is 14.5. The minimum Gasteiger partial charge on any atom is -0.371 e. The highest BCUT2D eigenvalue weighted by molar-refractivity contribution is 7.99. The van der Waals surface area contributed by atoms with E-state index in [1.807, 2.05) is 42.5 Å². The van der Waals surface area contributed by atoms with Crippen molar-refractivity contribution in [3.05, 3.63) is 71.8 Å². The van der Waals surface area contributed by atoms with Crippen LogP contribution in [0.25, 0.3) is 0 Å². The molecule has 0 radical (unpaired) electrons. The molecule has 0 unspecified atom stereocenters. The first-order chi connectivity index (χ1) is 16.5. The molecule has 0 bridgehead atoms. The Hall–Kier alpha value is -3.33. The zero-order chi connectivity index (χ0) is 23.7. The van der Waals surface area contributed by atoms with Crippen LogP contribution >= 0.6 is 11.8 Å². The lowest BCUT2D eigenvalue weighted by molar-refractivity contribution is -0.119. The molecule has 3 aromatic rings. The van der Waals surface area contributed by atoms with Crippen molar-refractivity contribution in [2.75, 3.05) is 35.7 Å². The minimum atomic E-state index is -0.788. The van der Waals surface area contributed by atoms with Gasteiger partial charge in [0.25, 0.3) is 5.91 Å². The normalized spacial score (nSPS) is 18.1. The molecule has 0 spiro atoms. The van der Waals surface area contributed by atoms with Crippen LogP contribution in [0.3, 0.4) is 0 Å². The first kappa shape index (κ1) is 22.5. The lowest BCUT2D eigenvalue weighted by Gasteiger charge is -2.24. The van der Waals surface area contributed by atoms with Crippen molar-refractivity contribution in [1.29, 1.82) is 0 Å². The van der Waals surface area contributed by atoms with Crippen LogP contribution in [-0.4, -0.2) is 53.5 Å². The summed E-state index contributed by atoms with van der Waals surface area (Å²) in [6.45, 7) is 2.39.